The predicted octanol–water partition coefficient (Wildman–Crippen LogP) is 0.328. The van der Waals surface area contributed by atoms with Crippen molar-refractivity contribution < 1.29 is 47.1 Å². The largest absolute Gasteiger partial charge is 0.358 e. The molecule has 1 radical (unpaired) electrons. The first-order chi connectivity index (χ1) is 6.06. The van der Waals surface area contributed by atoms with Crippen LogP contribution < -0.4 is 0 Å². The summed E-state index contributed by atoms with van der Waals surface area (Å²) in [7, 11) is 0. The first kappa shape index (κ1) is 17.5. The van der Waals surface area contributed by atoms with Gasteiger partial charge in [0.1, 0.15) is 0 Å². The Kier molecular flexibility index (Phi) is 8.66. The van der Waals surface area contributed by atoms with Crippen molar-refractivity contribution in [3.63, 3.8) is 0 Å². The van der Waals surface area contributed by atoms with Crippen LogP contribution in [0.5, 0.6) is 0 Å². The van der Waals surface area contributed by atoms with Crippen molar-refractivity contribution in [3.05, 3.63) is 14.4 Å². The number of ketones is 1. The Labute approximate surface area is 119 Å². The Morgan fingerprint density at radius 1 is 1.60 bits per heavy atom. The fourth-order valence-corrected chi connectivity index (χ4v) is 1.82. The minimum Gasteiger partial charge on any atom is -0.358 e. The van der Waals surface area contributed by atoms with Crippen LogP contribution in [0.1, 0.15) is 6.42 Å². The molecule has 1 unspecified atom stereocenters. The average molecular weight is 304 g/mol. The van der Waals surface area contributed by atoms with E-state index in [4.69, 9.17) is 0 Å². The van der Waals surface area contributed by atoms with Gasteiger partial charge in [0.05, 0.1) is 11.8 Å². The molecule has 15 heavy (non-hydrogen) atoms. The van der Waals surface area contributed by atoms with E-state index in [1.807, 2.05) is 0 Å². The van der Waals surface area contributed by atoms with Crippen LogP contribution in [0, 0.1) is 14.4 Å². The van der Waals surface area contributed by atoms with Gasteiger partial charge in [-0.05, 0) is 6.26 Å². The molecule has 0 aromatic rings. The maximum Gasteiger partial charge on any atom is 0.243 e. The van der Waals surface area contributed by atoms with Crippen LogP contribution in [-0.4, -0.2) is 40.5 Å². The summed E-state index contributed by atoms with van der Waals surface area (Å²) in [6.45, 7) is 2.94. The molecule has 83 valence electrons. The number of hydrogen-bond acceptors (Lipinski definition) is 4. The average Bonchev–Trinajstić information content (AvgIpc) is 2.31. The van der Waals surface area contributed by atoms with Crippen LogP contribution >= 0.6 is 11.8 Å². The van der Waals surface area contributed by atoms with Gasteiger partial charge in [0.15, 0.2) is 0 Å². The van der Waals surface area contributed by atoms with Gasteiger partial charge in [0.25, 0.3) is 0 Å². The van der Waals surface area contributed by atoms with E-state index in [1.165, 1.54) is 11.8 Å². The van der Waals surface area contributed by atoms with Crippen LogP contribution in [0.4, 0.5) is 0 Å². The van der Waals surface area contributed by atoms with E-state index in [0.717, 1.165) is 4.90 Å². The third kappa shape index (κ3) is 4.25. The first-order valence-electron chi connectivity index (χ1n) is 3.78. The van der Waals surface area contributed by atoms with Gasteiger partial charge in [-0.15, -0.1) is 0 Å². The fraction of sp³-hybridized carbons (Fsp3) is 0.444. The molecular weight excluding hydrogens is 291 g/mol. The number of rotatable bonds is 3. The van der Waals surface area contributed by atoms with Crippen LogP contribution in [0.25, 0.3) is 0 Å². The number of amides is 2. The molecule has 4 nitrogen and oxygen atoms in total. The number of imide groups is 1. The van der Waals surface area contributed by atoms with Crippen molar-refractivity contribution in [2.45, 2.75) is 11.7 Å². The number of nitrogens with zero attached hydrogens (tertiary/aromatic N) is 1. The number of Topliss-reactive ketones (excluding diaryl/α,β-unsaturated/α-hetero) is 1. The molecular formula is C9H13NO3SY-2. The summed E-state index contributed by atoms with van der Waals surface area (Å²) in [5.74, 6) is -0.959. The number of carbonyl (C=O) groups is 3. The van der Waals surface area contributed by atoms with Crippen molar-refractivity contribution in [1.82, 2.24) is 4.90 Å². The number of likely N-dealkylation sites (tertiary alicyclic amines) is 1. The molecule has 0 aromatic carbocycles. The molecule has 2 amide bonds. The maximum absolute atomic E-state index is 11.4. The van der Waals surface area contributed by atoms with Crippen LogP contribution in [0.15, 0.2) is 0 Å². The standard InChI is InChI=1S/C8H10NO3S.CH3.Y/c1-5(10)4-9-7(11)3-6(13-2)8(9)12;;/h6H,1,3-4H2,2H3;1H3;/q2*-1;. The zero-order chi connectivity index (χ0) is 10.0. The topological polar surface area (TPSA) is 54.5 Å². The van der Waals surface area contributed by atoms with Crippen molar-refractivity contribution in [3.8, 4) is 0 Å². The molecule has 0 N–H and O–H groups in total. The van der Waals surface area contributed by atoms with Crippen molar-refractivity contribution >= 4 is 29.4 Å². The van der Waals surface area contributed by atoms with Gasteiger partial charge in [0, 0.05) is 44.9 Å². The molecule has 6 heteroatoms. The van der Waals surface area contributed by atoms with Crippen molar-refractivity contribution in [2.24, 2.45) is 0 Å². The van der Waals surface area contributed by atoms with E-state index in [1.54, 1.807) is 6.26 Å². The van der Waals surface area contributed by atoms with Crippen molar-refractivity contribution in [1.29, 1.82) is 0 Å². The normalized spacial score (nSPS) is 19.5. The molecule has 0 bridgehead atoms. The zero-order valence-corrected chi connectivity index (χ0v) is 12.5. The van der Waals surface area contributed by atoms with Gasteiger partial charge in [-0.25, -0.2) is 0 Å². The molecule has 0 aromatic heterocycles. The van der Waals surface area contributed by atoms with Gasteiger partial charge in [-0.2, -0.15) is 11.8 Å². The fourth-order valence-electron chi connectivity index (χ4n) is 1.18. The quantitative estimate of drug-likeness (QED) is 0.557. The maximum atomic E-state index is 11.4. The molecule has 1 saturated heterocycles. The summed E-state index contributed by atoms with van der Waals surface area (Å²) in [6.07, 6.45) is 1.97. The molecule has 1 atom stereocenters. The minimum atomic E-state index is -0.413. The summed E-state index contributed by atoms with van der Waals surface area (Å²) in [6, 6.07) is 0. The smallest absolute Gasteiger partial charge is 0.243 e. The Morgan fingerprint density at radius 3 is 2.47 bits per heavy atom. The monoisotopic (exact) mass is 304 g/mol. The molecule has 0 aliphatic carbocycles. The van der Waals surface area contributed by atoms with Gasteiger partial charge >= 0.3 is 0 Å². The van der Waals surface area contributed by atoms with E-state index in [2.05, 4.69) is 6.92 Å². The SMILES string of the molecule is [CH2-]C(=O)CN1C(=O)CC(SC)C1=O.[CH3-].[Y]. The zero-order valence-electron chi connectivity index (χ0n) is 8.86. The summed E-state index contributed by atoms with van der Waals surface area (Å²) in [5, 5.41) is -0.313. The van der Waals surface area contributed by atoms with Gasteiger partial charge < -0.3 is 19.1 Å². The van der Waals surface area contributed by atoms with E-state index in [0.29, 0.717) is 0 Å². The van der Waals surface area contributed by atoms with Crippen LogP contribution in [-0.2, 0) is 47.1 Å². The van der Waals surface area contributed by atoms with E-state index in [-0.39, 0.29) is 70.2 Å². The predicted molar refractivity (Wildman–Crippen MR) is 55.4 cm³/mol. The number of carbonyl (C=O) groups excluding carboxylic acids is 3. The van der Waals surface area contributed by atoms with E-state index >= 15 is 0 Å². The Bertz CT molecular complexity index is 270. The molecule has 0 saturated carbocycles. The second kappa shape index (κ2) is 7.41. The minimum absolute atomic E-state index is 0. The Morgan fingerprint density at radius 2 is 2.13 bits per heavy atom. The molecule has 0 spiro atoms. The third-order valence-electron chi connectivity index (χ3n) is 1.82. The second-order valence-electron chi connectivity index (χ2n) is 2.79. The molecule has 1 aliphatic heterocycles. The number of hydrogen-bond donors (Lipinski definition) is 0. The molecule has 1 heterocycles. The summed E-state index contributed by atoms with van der Waals surface area (Å²) < 4.78 is 0. The first-order valence-corrected chi connectivity index (χ1v) is 5.07. The summed E-state index contributed by atoms with van der Waals surface area (Å²) in [5.41, 5.74) is 0. The van der Waals surface area contributed by atoms with Gasteiger partial charge in [0.2, 0.25) is 11.8 Å². The van der Waals surface area contributed by atoms with Crippen LogP contribution in [0.3, 0.4) is 0 Å². The molecule has 1 aliphatic rings. The van der Waals surface area contributed by atoms with E-state index in [9.17, 15) is 14.4 Å². The Hall–Kier alpha value is 0.134. The molecule has 1 rings (SSSR count). The van der Waals surface area contributed by atoms with Crippen molar-refractivity contribution in [2.75, 3.05) is 12.8 Å². The van der Waals surface area contributed by atoms with E-state index < -0.39 is 5.78 Å². The summed E-state index contributed by atoms with van der Waals surface area (Å²) >= 11 is 1.33. The third-order valence-corrected chi connectivity index (χ3v) is 2.76. The van der Waals surface area contributed by atoms with Crippen LogP contribution in [0.2, 0.25) is 0 Å². The summed E-state index contributed by atoms with van der Waals surface area (Å²) in [4.78, 5) is 34.2. The Balaban J connectivity index is 0. The second-order valence-corrected chi connectivity index (χ2v) is 3.83. The molecule has 1 fully saturated rings. The van der Waals surface area contributed by atoms with Gasteiger partial charge in [-0.1, -0.05) is 0 Å². The number of thioether (sulfide) groups is 1. The van der Waals surface area contributed by atoms with Gasteiger partial charge in [-0.3, -0.25) is 14.5 Å².